The van der Waals surface area contributed by atoms with E-state index in [-0.39, 0.29) is 5.91 Å². The zero-order valence-electron chi connectivity index (χ0n) is 11.2. The second-order valence-corrected chi connectivity index (χ2v) is 4.92. The van der Waals surface area contributed by atoms with E-state index >= 15 is 0 Å². The van der Waals surface area contributed by atoms with E-state index in [0.717, 1.165) is 25.3 Å². The SMILES string of the molecule is CCN(CC)Cc1cccc(NC(=O)C(C)Cl)c1. The van der Waals surface area contributed by atoms with Gasteiger partial charge < -0.3 is 5.32 Å². The van der Waals surface area contributed by atoms with Crippen molar-refractivity contribution in [3.05, 3.63) is 29.8 Å². The molecule has 0 radical (unpaired) electrons. The van der Waals surface area contributed by atoms with Gasteiger partial charge in [0.2, 0.25) is 5.91 Å². The number of nitrogens with one attached hydrogen (secondary N) is 1. The van der Waals surface area contributed by atoms with Crippen molar-refractivity contribution in [2.45, 2.75) is 32.7 Å². The van der Waals surface area contributed by atoms with Gasteiger partial charge in [-0.1, -0.05) is 26.0 Å². The van der Waals surface area contributed by atoms with Crippen molar-refractivity contribution in [2.24, 2.45) is 0 Å². The summed E-state index contributed by atoms with van der Waals surface area (Å²) in [5.74, 6) is -0.170. The Labute approximate surface area is 114 Å². The number of halogens is 1. The van der Waals surface area contributed by atoms with Crippen molar-refractivity contribution >= 4 is 23.2 Å². The Bertz CT molecular complexity index is 389. The van der Waals surface area contributed by atoms with Gasteiger partial charge in [0.15, 0.2) is 0 Å². The lowest BCUT2D eigenvalue weighted by molar-refractivity contribution is -0.115. The molecule has 1 aromatic carbocycles. The topological polar surface area (TPSA) is 32.3 Å². The predicted molar refractivity (Wildman–Crippen MR) is 77.0 cm³/mol. The first-order valence-corrected chi connectivity index (χ1v) is 6.76. The molecule has 0 aliphatic rings. The molecule has 0 aromatic heterocycles. The highest BCUT2D eigenvalue weighted by Crippen LogP contribution is 2.13. The van der Waals surface area contributed by atoms with Crippen molar-refractivity contribution in [3.8, 4) is 0 Å². The molecular weight excluding hydrogens is 248 g/mol. The van der Waals surface area contributed by atoms with Crippen LogP contribution in [0.2, 0.25) is 0 Å². The zero-order valence-corrected chi connectivity index (χ0v) is 12.0. The van der Waals surface area contributed by atoms with Gasteiger partial charge in [0.1, 0.15) is 5.38 Å². The standard InChI is InChI=1S/C14H21ClN2O/c1-4-17(5-2)10-12-7-6-8-13(9-12)16-14(18)11(3)15/h6-9,11H,4-5,10H2,1-3H3,(H,16,18). The fourth-order valence-corrected chi connectivity index (χ4v) is 1.75. The molecule has 0 aliphatic heterocycles. The Balaban J connectivity index is 2.70. The van der Waals surface area contributed by atoms with Crippen molar-refractivity contribution in [1.29, 1.82) is 0 Å². The number of carbonyl (C=O) groups is 1. The van der Waals surface area contributed by atoms with Crippen LogP contribution in [0.5, 0.6) is 0 Å². The van der Waals surface area contributed by atoms with Gasteiger partial charge in [-0.3, -0.25) is 9.69 Å². The van der Waals surface area contributed by atoms with Gasteiger partial charge >= 0.3 is 0 Å². The number of rotatable bonds is 6. The van der Waals surface area contributed by atoms with E-state index in [2.05, 4.69) is 30.1 Å². The van der Waals surface area contributed by atoms with E-state index in [9.17, 15) is 4.79 Å². The normalized spacial score (nSPS) is 12.5. The smallest absolute Gasteiger partial charge is 0.242 e. The molecule has 0 spiro atoms. The molecule has 0 fully saturated rings. The molecule has 1 atom stereocenters. The monoisotopic (exact) mass is 268 g/mol. The van der Waals surface area contributed by atoms with Crippen LogP contribution < -0.4 is 5.32 Å². The van der Waals surface area contributed by atoms with Gasteiger partial charge in [0.25, 0.3) is 0 Å². The summed E-state index contributed by atoms with van der Waals surface area (Å²) in [6, 6.07) is 7.89. The Kier molecular flexibility index (Phi) is 6.16. The third-order valence-electron chi connectivity index (χ3n) is 2.86. The molecular formula is C14H21ClN2O. The average molecular weight is 269 g/mol. The first-order valence-electron chi connectivity index (χ1n) is 6.33. The molecule has 0 saturated heterocycles. The third-order valence-corrected chi connectivity index (χ3v) is 3.05. The first kappa shape index (κ1) is 15.0. The molecule has 1 N–H and O–H groups in total. The molecule has 1 rings (SSSR count). The number of hydrogen-bond donors (Lipinski definition) is 1. The Morgan fingerprint density at radius 2 is 2.06 bits per heavy atom. The minimum atomic E-state index is -0.517. The summed E-state index contributed by atoms with van der Waals surface area (Å²) in [6.07, 6.45) is 0. The Morgan fingerprint density at radius 1 is 1.39 bits per heavy atom. The Hall–Kier alpha value is -1.06. The number of anilines is 1. The van der Waals surface area contributed by atoms with Crippen molar-refractivity contribution in [2.75, 3.05) is 18.4 Å². The molecule has 0 saturated carbocycles. The van der Waals surface area contributed by atoms with E-state index in [1.54, 1.807) is 6.92 Å². The number of amides is 1. The lowest BCUT2D eigenvalue weighted by Crippen LogP contribution is -2.23. The maximum absolute atomic E-state index is 11.5. The fourth-order valence-electron chi connectivity index (χ4n) is 1.69. The molecule has 1 aromatic rings. The lowest BCUT2D eigenvalue weighted by Gasteiger charge is -2.18. The second kappa shape index (κ2) is 7.39. The van der Waals surface area contributed by atoms with E-state index in [1.165, 1.54) is 5.56 Å². The summed E-state index contributed by atoms with van der Waals surface area (Å²) >= 11 is 5.73. The van der Waals surface area contributed by atoms with Crippen LogP contribution >= 0.6 is 11.6 Å². The van der Waals surface area contributed by atoms with Crippen LogP contribution in [-0.2, 0) is 11.3 Å². The summed E-state index contributed by atoms with van der Waals surface area (Å²) in [5.41, 5.74) is 2.00. The molecule has 1 unspecified atom stereocenters. The van der Waals surface area contributed by atoms with Crippen molar-refractivity contribution in [3.63, 3.8) is 0 Å². The van der Waals surface area contributed by atoms with Gasteiger partial charge in [-0.05, 0) is 37.7 Å². The van der Waals surface area contributed by atoms with Crippen LogP contribution in [0.3, 0.4) is 0 Å². The quantitative estimate of drug-likeness (QED) is 0.804. The summed E-state index contributed by atoms with van der Waals surface area (Å²) in [5, 5.41) is 2.28. The summed E-state index contributed by atoms with van der Waals surface area (Å²) in [7, 11) is 0. The van der Waals surface area contributed by atoms with Crippen LogP contribution in [0.15, 0.2) is 24.3 Å². The maximum Gasteiger partial charge on any atom is 0.242 e. The summed E-state index contributed by atoms with van der Waals surface area (Å²) < 4.78 is 0. The number of hydrogen-bond acceptors (Lipinski definition) is 2. The van der Waals surface area contributed by atoms with E-state index in [4.69, 9.17) is 11.6 Å². The van der Waals surface area contributed by atoms with Crippen LogP contribution in [0.25, 0.3) is 0 Å². The maximum atomic E-state index is 11.5. The highest BCUT2D eigenvalue weighted by Gasteiger charge is 2.09. The van der Waals surface area contributed by atoms with Gasteiger partial charge in [0, 0.05) is 12.2 Å². The second-order valence-electron chi connectivity index (χ2n) is 4.27. The molecule has 4 heteroatoms. The van der Waals surface area contributed by atoms with Crippen LogP contribution in [0.1, 0.15) is 26.3 Å². The largest absolute Gasteiger partial charge is 0.325 e. The van der Waals surface area contributed by atoms with E-state index < -0.39 is 5.38 Å². The minimum Gasteiger partial charge on any atom is -0.325 e. The van der Waals surface area contributed by atoms with Crippen LogP contribution in [-0.4, -0.2) is 29.3 Å². The highest BCUT2D eigenvalue weighted by molar-refractivity contribution is 6.32. The lowest BCUT2D eigenvalue weighted by atomic mass is 10.2. The van der Waals surface area contributed by atoms with Gasteiger partial charge in [-0.25, -0.2) is 0 Å². The minimum absolute atomic E-state index is 0.170. The molecule has 0 bridgehead atoms. The fraction of sp³-hybridized carbons (Fsp3) is 0.500. The molecule has 3 nitrogen and oxygen atoms in total. The van der Waals surface area contributed by atoms with Crippen LogP contribution in [0.4, 0.5) is 5.69 Å². The van der Waals surface area contributed by atoms with Crippen LogP contribution in [0, 0.1) is 0 Å². The molecule has 1 amide bonds. The molecule has 100 valence electrons. The summed E-state index contributed by atoms with van der Waals surface area (Å²) in [6.45, 7) is 8.88. The third kappa shape index (κ3) is 4.67. The number of benzene rings is 1. The van der Waals surface area contributed by atoms with Crippen molar-refractivity contribution in [1.82, 2.24) is 4.90 Å². The van der Waals surface area contributed by atoms with Gasteiger partial charge in [0.05, 0.1) is 0 Å². The Morgan fingerprint density at radius 3 is 2.61 bits per heavy atom. The predicted octanol–water partition coefficient (Wildman–Crippen LogP) is 3.09. The van der Waals surface area contributed by atoms with Gasteiger partial charge in [-0.2, -0.15) is 0 Å². The van der Waals surface area contributed by atoms with Crippen molar-refractivity contribution < 1.29 is 4.79 Å². The van der Waals surface area contributed by atoms with E-state index in [0.29, 0.717) is 0 Å². The van der Waals surface area contributed by atoms with E-state index in [1.807, 2.05) is 18.2 Å². The number of carbonyl (C=O) groups excluding carboxylic acids is 1. The first-order chi connectivity index (χ1) is 8.56. The van der Waals surface area contributed by atoms with Gasteiger partial charge in [-0.15, -0.1) is 11.6 Å². The molecule has 0 aliphatic carbocycles. The number of alkyl halides is 1. The average Bonchev–Trinajstić information content (AvgIpc) is 2.36. The molecule has 18 heavy (non-hydrogen) atoms. The molecule has 0 heterocycles. The zero-order chi connectivity index (χ0) is 13.5. The summed E-state index contributed by atoms with van der Waals surface area (Å²) in [4.78, 5) is 13.8. The number of nitrogens with zero attached hydrogens (tertiary/aromatic N) is 1. The highest BCUT2D eigenvalue weighted by atomic mass is 35.5.